The van der Waals surface area contributed by atoms with Crippen LogP contribution in [0.2, 0.25) is 0 Å². The number of esters is 4. The molecular formula is C21H26O11. The number of ether oxygens (including phenoxy) is 6. The highest BCUT2D eigenvalue weighted by Gasteiger charge is 2.52. The van der Waals surface area contributed by atoms with Crippen LogP contribution in [0.5, 0.6) is 11.5 Å². The lowest BCUT2D eigenvalue weighted by Gasteiger charge is -2.44. The van der Waals surface area contributed by atoms with Crippen LogP contribution in [0, 0.1) is 0 Å². The second-order valence-electron chi connectivity index (χ2n) is 7.05. The second-order valence-corrected chi connectivity index (χ2v) is 7.05. The van der Waals surface area contributed by atoms with E-state index in [0.29, 0.717) is 5.56 Å². The molecule has 0 saturated carbocycles. The fourth-order valence-electron chi connectivity index (χ4n) is 3.38. The van der Waals surface area contributed by atoms with Gasteiger partial charge in [0.25, 0.3) is 0 Å². The van der Waals surface area contributed by atoms with Crippen LogP contribution in [0.25, 0.3) is 0 Å². The molecule has 1 aliphatic rings. The molecule has 1 saturated heterocycles. The molecule has 11 nitrogen and oxygen atoms in total. The molecule has 1 aliphatic heterocycles. The Hall–Kier alpha value is -3.34. The summed E-state index contributed by atoms with van der Waals surface area (Å²) in [6, 6.07) is 4.36. The first-order chi connectivity index (χ1) is 15.0. The predicted molar refractivity (Wildman–Crippen MR) is 106 cm³/mol. The zero-order chi connectivity index (χ0) is 24.0. The standard InChI is InChI=1S/C21H26O11/c1-10(22)28-9-17-19(29-11(2)23)21(31-13(4)25)20(30-12(3)24)18(32-17)14-6-7-16(27-5)15(26)8-14/h6-8,17-21,26H,9H2,1-5H3. The van der Waals surface area contributed by atoms with Gasteiger partial charge in [-0.15, -0.1) is 0 Å². The number of aromatic hydroxyl groups is 1. The molecule has 1 fully saturated rings. The number of rotatable bonds is 7. The van der Waals surface area contributed by atoms with E-state index in [1.165, 1.54) is 26.2 Å². The summed E-state index contributed by atoms with van der Waals surface area (Å²) in [6.45, 7) is 4.28. The molecule has 5 unspecified atom stereocenters. The monoisotopic (exact) mass is 454 g/mol. The van der Waals surface area contributed by atoms with Crippen molar-refractivity contribution in [3.8, 4) is 11.5 Å². The van der Waals surface area contributed by atoms with Crippen molar-refractivity contribution in [3.05, 3.63) is 23.8 Å². The van der Waals surface area contributed by atoms with Crippen LogP contribution in [0.1, 0.15) is 39.4 Å². The molecule has 0 aromatic heterocycles. The third kappa shape index (κ3) is 6.33. The number of phenolic OH excluding ortho intramolecular Hbond substituents is 1. The molecule has 11 heteroatoms. The van der Waals surface area contributed by atoms with E-state index in [2.05, 4.69) is 0 Å². The first kappa shape index (κ1) is 24.9. The van der Waals surface area contributed by atoms with Gasteiger partial charge in [0.2, 0.25) is 0 Å². The molecule has 1 heterocycles. The summed E-state index contributed by atoms with van der Waals surface area (Å²) in [5.74, 6) is -2.78. The lowest BCUT2D eigenvalue weighted by molar-refractivity contribution is -0.254. The summed E-state index contributed by atoms with van der Waals surface area (Å²) in [6.07, 6.45) is -5.94. The van der Waals surface area contributed by atoms with Crippen LogP contribution >= 0.6 is 0 Å². The van der Waals surface area contributed by atoms with E-state index in [0.717, 1.165) is 20.8 Å². The summed E-state index contributed by atoms with van der Waals surface area (Å²) in [5.41, 5.74) is 0.348. The van der Waals surface area contributed by atoms with E-state index in [1.54, 1.807) is 6.07 Å². The highest BCUT2D eigenvalue weighted by Crippen LogP contribution is 2.40. The Balaban J connectivity index is 2.56. The van der Waals surface area contributed by atoms with Crippen molar-refractivity contribution in [2.45, 2.75) is 58.2 Å². The number of carbonyl (C=O) groups is 4. The Bertz CT molecular complexity index is 865. The Morgan fingerprint density at radius 1 is 0.875 bits per heavy atom. The molecule has 1 aromatic rings. The molecule has 0 spiro atoms. The SMILES string of the molecule is COc1ccc(C2OC(COC(C)=O)C(OC(C)=O)C(OC(C)=O)C2OC(C)=O)cc1O. The molecule has 0 amide bonds. The van der Waals surface area contributed by atoms with Gasteiger partial charge in [-0.1, -0.05) is 6.07 Å². The van der Waals surface area contributed by atoms with Crippen LogP contribution in [0.15, 0.2) is 18.2 Å². The molecule has 32 heavy (non-hydrogen) atoms. The van der Waals surface area contributed by atoms with Crippen molar-refractivity contribution in [2.75, 3.05) is 13.7 Å². The molecular weight excluding hydrogens is 428 g/mol. The van der Waals surface area contributed by atoms with E-state index in [9.17, 15) is 24.3 Å². The smallest absolute Gasteiger partial charge is 0.303 e. The molecule has 176 valence electrons. The summed E-state index contributed by atoms with van der Waals surface area (Å²) >= 11 is 0. The Kier molecular flexibility index (Phi) is 8.41. The van der Waals surface area contributed by atoms with Crippen molar-refractivity contribution in [1.29, 1.82) is 0 Å². The zero-order valence-corrected chi connectivity index (χ0v) is 18.4. The van der Waals surface area contributed by atoms with Gasteiger partial charge in [0.15, 0.2) is 29.8 Å². The Labute approximate surface area is 184 Å². The first-order valence-electron chi connectivity index (χ1n) is 9.70. The van der Waals surface area contributed by atoms with Gasteiger partial charge in [-0.25, -0.2) is 0 Å². The van der Waals surface area contributed by atoms with Gasteiger partial charge in [0.05, 0.1) is 7.11 Å². The van der Waals surface area contributed by atoms with Gasteiger partial charge in [-0.2, -0.15) is 0 Å². The summed E-state index contributed by atoms with van der Waals surface area (Å²) in [5, 5.41) is 10.2. The van der Waals surface area contributed by atoms with E-state index < -0.39 is 54.4 Å². The number of hydrogen-bond acceptors (Lipinski definition) is 11. The number of hydrogen-bond donors (Lipinski definition) is 1. The minimum Gasteiger partial charge on any atom is -0.504 e. The maximum absolute atomic E-state index is 11.8. The summed E-state index contributed by atoms with van der Waals surface area (Å²) in [4.78, 5) is 46.8. The Morgan fingerprint density at radius 3 is 1.94 bits per heavy atom. The van der Waals surface area contributed by atoms with Crippen molar-refractivity contribution in [1.82, 2.24) is 0 Å². The molecule has 2 rings (SSSR count). The summed E-state index contributed by atoms with van der Waals surface area (Å²) in [7, 11) is 1.38. The molecule has 0 bridgehead atoms. The van der Waals surface area contributed by atoms with Crippen molar-refractivity contribution < 1.29 is 52.7 Å². The van der Waals surface area contributed by atoms with Crippen LogP contribution in [0.4, 0.5) is 0 Å². The molecule has 5 atom stereocenters. The lowest BCUT2D eigenvalue weighted by Crippen LogP contribution is -2.59. The van der Waals surface area contributed by atoms with Crippen molar-refractivity contribution in [3.63, 3.8) is 0 Å². The third-order valence-electron chi connectivity index (χ3n) is 4.52. The molecule has 1 aromatic carbocycles. The Morgan fingerprint density at radius 2 is 1.44 bits per heavy atom. The predicted octanol–water partition coefficient (Wildman–Crippen LogP) is 1.20. The van der Waals surface area contributed by atoms with Gasteiger partial charge >= 0.3 is 23.9 Å². The van der Waals surface area contributed by atoms with Gasteiger partial charge < -0.3 is 33.5 Å². The fourth-order valence-corrected chi connectivity index (χ4v) is 3.38. The lowest BCUT2D eigenvalue weighted by atomic mass is 9.90. The fraction of sp³-hybridized carbons (Fsp3) is 0.524. The van der Waals surface area contributed by atoms with E-state index in [-0.39, 0.29) is 18.1 Å². The van der Waals surface area contributed by atoms with Gasteiger partial charge in [0.1, 0.15) is 18.8 Å². The minimum absolute atomic E-state index is 0.194. The number of methoxy groups -OCH3 is 1. The van der Waals surface area contributed by atoms with Crippen molar-refractivity contribution in [2.24, 2.45) is 0 Å². The van der Waals surface area contributed by atoms with Crippen LogP contribution in [-0.2, 0) is 42.9 Å². The van der Waals surface area contributed by atoms with E-state index >= 15 is 0 Å². The quantitative estimate of drug-likeness (QED) is 0.469. The molecule has 0 aliphatic carbocycles. The van der Waals surface area contributed by atoms with Gasteiger partial charge in [0, 0.05) is 27.7 Å². The number of phenols is 1. The first-order valence-corrected chi connectivity index (χ1v) is 9.70. The molecule has 0 radical (unpaired) electrons. The largest absolute Gasteiger partial charge is 0.504 e. The van der Waals surface area contributed by atoms with E-state index in [1.807, 2.05) is 0 Å². The van der Waals surface area contributed by atoms with Gasteiger partial charge in [-0.05, 0) is 17.7 Å². The second kappa shape index (κ2) is 10.8. The average molecular weight is 454 g/mol. The van der Waals surface area contributed by atoms with Crippen LogP contribution in [0.3, 0.4) is 0 Å². The van der Waals surface area contributed by atoms with Crippen molar-refractivity contribution >= 4 is 23.9 Å². The topological polar surface area (TPSA) is 144 Å². The van der Waals surface area contributed by atoms with E-state index in [4.69, 9.17) is 28.4 Å². The normalized spacial score (nSPS) is 24.7. The highest BCUT2D eigenvalue weighted by atomic mass is 16.7. The maximum Gasteiger partial charge on any atom is 0.303 e. The van der Waals surface area contributed by atoms with Crippen LogP contribution < -0.4 is 4.74 Å². The van der Waals surface area contributed by atoms with Gasteiger partial charge in [-0.3, -0.25) is 19.2 Å². The number of benzene rings is 1. The highest BCUT2D eigenvalue weighted by molar-refractivity contribution is 5.69. The number of carbonyl (C=O) groups excluding carboxylic acids is 4. The zero-order valence-electron chi connectivity index (χ0n) is 18.4. The molecule has 1 N–H and O–H groups in total. The minimum atomic E-state index is -1.29. The van der Waals surface area contributed by atoms with Crippen LogP contribution in [-0.4, -0.2) is 67.1 Å². The summed E-state index contributed by atoms with van der Waals surface area (Å²) < 4.78 is 32.2. The average Bonchev–Trinajstić information content (AvgIpc) is 2.68. The third-order valence-corrected chi connectivity index (χ3v) is 4.52. The maximum atomic E-state index is 11.8.